The molecular weight excluding hydrogens is 544 g/mol. The van der Waals surface area contributed by atoms with Crippen LogP contribution in [0.1, 0.15) is 30.4 Å². The van der Waals surface area contributed by atoms with Gasteiger partial charge in [-0.3, -0.25) is 14.4 Å². The number of aliphatic hydroxyl groups is 1. The molecule has 0 aliphatic rings. The van der Waals surface area contributed by atoms with Crippen molar-refractivity contribution in [2.45, 2.75) is 56.3 Å². The lowest BCUT2D eigenvalue weighted by atomic mass is 10.0. The molecule has 0 bridgehead atoms. The molecule has 2 aromatic carbocycles. The van der Waals surface area contributed by atoms with Crippen LogP contribution >= 0.6 is 0 Å². The number of unbranched alkanes of at least 4 members (excludes halogenated alkanes) is 1. The number of H-pyrrole nitrogens is 1. The van der Waals surface area contributed by atoms with Crippen LogP contribution in [0.5, 0.6) is 5.75 Å². The number of carboxylic acids is 1. The zero-order valence-electron chi connectivity index (χ0n) is 23.1. The molecule has 0 aliphatic carbocycles. The number of amides is 3. The summed E-state index contributed by atoms with van der Waals surface area (Å²) >= 11 is 0. The lowest BCUT2D eigenvalue weighted by Crippen LogP contribution is -2.58. The van der Waals surface area contributed by atoms with Gasteiger partial charge < -0.3 is 47.7 Å². The Labute approximate surface area is 242 Å². The van der Waals surface area contributed by atoms with Crippen molar-refractivity contribution in [2.24, 2.45) is 11.5 Å². The van der Waals surface area contributed by atoms with Gasteiger partial charge in [0.15, 0.2) is 0 Å². The number of hydrogen-bond acceptors (Lipinski definition) is 8. The van der Waals surface area contributed by atoms with Gasteiger partial charge in [-0.2, -0.15) is 0 Å². The first kappa shape index (κ1) is 32.1. The summed E-state index contributed by atoms with van der Waals surface area (Å²) in [6.45, 7) is -0.483. The van der Waals surface area contributed by atoms with Gasteiger partial charge in [-0.05, 0) is 61.6 Å². The van der Waals surface area contributed by atoms with Crippen LogP contribution < -0.4 is 27.4 Å². The average molecular weight is 583 g/mol. The number of carbonyl (C=O) groups is 4. The minimum Gasteiger partial charge on any atom is -0.508 e. The van der Waals surface area contributed by atoms with E-state index in [1.807, 2.05) is 24.3 Å². The van der Waals surface area contributed by atoms with Crippen molar-refractivity contribution < 1.29 is 34.5 Å². The number of phenols is 1. The first-order valence-electron chi connectivity index (χ1n) is 13.7. The van der Waals surface area contributed by atoms with Gasteiger partial charge in [0.05, 0.1) is 12.6 Å². The van der Waals surface area contributed by atoms with E-state index >= 15 is 0 Å². The zero-order valence-corrected chi connectivity index (χ0v) is 23.1. The Kier molecular flexibility index (Phi) is 11.8. The number of para-hydroxylation sites is 1. The van der Waals surface area contributed by atoms with E-state index in [1.165, 1.54) is 12.1 Å². The molecule has 0 saturated carbocycles. The summed E-state index contributed by atoms with van der Waals surface area (Å²) in [6.07, 6.45) is 3.15. The third-order valence-electron chi connectivity index (χ3n) is 6.84. The van der Waals surface area contributed by atoms with Gasteiger partial charge in [0.1, 0.15) is 23.9 Å². The number of hydrogen-bond donors (Lipinski definition) is 9. The largest absolute Gasteiger partial charge is 0.508 e. The molecule has 4 atom stereocenters. The standard InChI is InChI=1S/C29H38N6O7/c30-12-4-3-7-23(27(39)35-25(16-36)29(41)42)33-28(40)24(13-17-8-10-19(37)11-9-17)34-26(38)21(31)14-18-15-32-22-6-2-1-5-20(18)22/h1-2,5-6,8-11,15,21,23-25,32,36-37H,3-4,7,12-14,16,30-31H2,(H,33,40)(H,34,38)(H,35,39)(H,41,42). The highest BCUT2D eigenvalue weighted by atomic mass is 16.4. The monoisotopic (exact) mass is 582 g/mol. The smallest absolute Gasteiger partial charge is 0.328 e. The molecule has 0 saturated heterocycles. The summed E-state index contributed by atoms with van der Waals surface area (Å²) in [6, 6.07) is 8.79. The number of nitrogens with two attached hydrogens (primary N) is 2. The number of fused-ring (bicyclic) bond motifs is 1. The van der Waals surface area contributed by atoms with Gasteiger partial charge in [0.2, 0.25) is 17.7 Å². The number of aromatic hydroxyl groups is 1. The molecule has 0 aliphatic heterocycles. The van der Waals surface area contributed by atoms with Gasteiger partial charge in [0.25, 0.3) is 0 Å². The van der Waals surface area contributed by atoms with E-state index in [0.717, 1.165) is 16.5 Å². The van der Waals surface area contributed by atoms with Crippen LogP contribution in [0.3, 0.4) is 0 Å². The van der Waals surface area contributed by atoms with Crippen LogP contribution in [0.25, 0.3) is 10.9 Å². The maximum absolute atomic E-state index is 13.5. The Morgan fingerprint density at radius 3 is 2.14 bits per heavy atom. The molecule has 13 heteroatoms. The number of aromatic amines is 1. The molecule has 0 fully saturated rings. The lowest BCUT2D eigenvalue weighted by Gasteiger charge is -2.25. The Hall–Kier alpha value is -4.46. The molecule has 13 nitrogen and oxygen atoms in total. The van der Waals surface area contributed by atoms with Crippen LogP contribution in [0.15, 0.2) is 54.7 Å². The fourth-order valence-corrected chi connectivity index (χ4v) is 4.48. The van der Waals surface area contributed by atoms with E-state index in [1.54, 1.807) is 18.3 Å². The van der Waals surface area contributed by atoms with E-state index in [-0.39, 0.29) is 25.0 Å². The number of aliphatic hydroxyl groups excluding tert-OH is 1. The molecule has 4 unspecified atom stereocenters. The molecule has 42 heavy (non-hydrogen) atoms. The highest BCUT2D eigenvalue weighted by Gasteiger charge is 2.30. The van der Waals surface area contributed by atoms with E-state index < -0.39 is 54.5 Å². The quantitative estimate of drug-likeness (QED) is 0.100. The number of carboxylic acid groups (broad SMARTS) is 1. The normalized spacial score (nSPS) is 14.0. The molecule has 1 aromatic heterocycles. The van der Waals surface area contributed by atoms with Crippen LogP contribution in [0.2, 0.25) is 0 Å². The van der Waals surface area contributed by atoms with Gasteiger partial charge in [0, 0.05) is 23.5 Å². The lowest BCUT2D eigenvalue weighted by molar-refractivity contribution is -0.143. The second-order valence-corrected chi connectivity index (χ2v) is 10.0. The number of benzene rings is 2. The summed E-state index contributed by atoms with van der Waals surface area (Å²) < 4.78 is 0. The molecule has 226 valence electrons. The second kappa shape index (κ2) is 15.5. The predicted molar refractivity (Wildman–Crippen MR) is 155 cm³/mol. The van der Waals surface area contributed by atoms with E-state index in [0.29, 0.717) is 24.9 Å². The average Bonchev–Trinajstić information content (AvgIpc) is 3.38. The topological polar surface area (TPSA) is 233 Å². The van der Waals surface area contributed by atoms with Crippen molar-refractivity contribution in [3.05, 3.63) is 65.9 Å². The van der Waals surface area contributed by atoms with Crippen LogP contribution in [0.4, 0.5) is 0 Å². The van der Waals surface area contributed by atoms with E-state index in [9.17, 15) is 34.5 Å². The van der Waals surface area contributed by atoms with E-state index in [4.69, 9.17) is 11.5 Å². The maximum Gasteiger partial charge on any atom is 0.328 e. The van der Waals surface area contributed by atoms with Crippen molar-refractivity contribution >= 4 is 34.6 Å². The van der Waals surface area contributed by atoms with Crippen molar-refractivity contribution in [1.29, 1.82) is 0 Å². The van der Waals surface area contributed by atoms with Crippen molar-refractivity contribution in [1.82, 2.24) is 20.9 Å². The van der Waals surface area contributed by atoms with Crippen molar-refractivity contribution in [3.8, 4) is 5.75 Å². The van der Waals surface area contributed by atoms with Crippen LogP contribution in [0, 0.1) is 0 Å². The Bertz CT molecular complexity index is 1360. The number of carbonyl (C=O) groups excluding carboxylic acids is 3. The minimum atomic E-state index is -1.55. The first-order valence-corrected chi connectivity index (χ1v) is 13.7. The first-order chi connectivity index (χ1) is 20.1. The number of aromatic nitrogens is 1. The highest BCUT2D eigenvalue weighted by molar-refractivity contribution is 5.94. The molecule has 3 aromatic rings. The minimum absolute atomic E-state index is 0.0171. The van der Waals surface area contributed by atoms with Gasteiger partial charge in [-0.1, -0.05) is 30.3 Å². The maximum atomic E-state index is 13.5. The summed E-state index contributed by atoms with van der Waals surface area (Å²) in [4.78, 5) is 54.1. The molecule has 0 radical (unpaired) electrons. The molecule has 0 spiro atoms. The predicted octanol–water partition coefficient (Wildman–Crippen LogP) is -0.354. The summed E-state index contributed by atoms with van der Waals surface area (Å²) in [5, 5.41) is 36.6. The zero-order chi connectivity index (χ0) is 30.6. The second-order valence-electron chi connectivity index (χ2n) is 10.0. The molecular formula is C29H38N6O7. The fraction of sp³-hybridized carbons (Fsp3) is 0.379. The third-order valence-corrected chi connectivity index (χ3v) is 6.84. The Morgan fingerprint density at radius 2 is 1.48 bits per heavy atom. The van der Waals surface area contributed by atoms with Crippen molar-refractivity contribution in [2.75, 3.05) is 13.2 Å². The van der Waals surface area contributed by atoms with Gasteiger partial charge in [-0.25, -0.2) is 4.79 Å². The number of phenolic OH excluding ortho intramolecular Hbond substituents is 1. The number of aliphatic carboxylic acids is 1. The summed E-state index contributed by atoms with van der Waals surface area (Å²) in [5.74, 6) is -3.49. The van der Waals surface area contributed by atoms with Crippen LogP contribution in [-0.2, 0) is 32.0 Å². The number of nitrogens with one attached hydrogen (secondary N) is 4. The molecule has 1 heterocycles. The molecule has 3 amide bonds. The number of rotatable bonds is 16. The van der Waals surface area contributed by atoms with Crippen molar-refractivity contribution in [3.63, 3.8) is 0 Å². The van der Waals surface area contributed by atoms with Gasteiger partial charge in [-0.15, -0.1) is 0 Å². The summed E-state index contributed by atoms with van der Waals surface area (Å²) in [7, 11) is 0. The Balaban J connectivity index is 1.78. The molecule has 3 rings (SSSR count). The third kappa shape index (κ3) is 9.03. The highest BCUT2D eigenvalue weighted by Crippen LogP contribution is 2.19. The van der Waals surface area contributed by atoms with Gasteiger partial charge >= 0.3 is 5.97 Å². The summed E-state index contributed by atoms with van der Waals surface area (Å²) in [5.41, 5.74) is 14.2. The Morgan fingerprint density at radius 1 is 0.833 bits per heavy atom. The fourth-order valence-electron chi connectivity index (χ4n) is 4.48. The molecule has 11 N–H and O–H groups in total. The van der Waals surface area contributed by atoms with Crippen LogP contribution in [-0.4, -0.2) is 81.3 Å². The van der Waals surface area contributed by atoms with E-state index in [2.05, 4.69) is 20.9 Å². The SMILES string of the molecule is NCCCCC(NC(=O)C(Cc1ccc(O)cc1)NC(=O)C(N)Cc1c[nH]c2ccccc12)C(=O)NC(CO)C(=O)O.